The van der Waals surface area contributed by atoms with Crippen molar-refractivity contribution in [2.75, 3.05) is 32.7 Å². The molecule has 176 valence electrons. The van der Waals surface area contributed by atoms with Gasteiger partial charge in [-0.3, -0.25) is 15.0 Å². The maximum Gasteiger partial charge on any atom is 0.413 e. The molecule has 1 saturated carbocycles. The van der Waals surface area contributed by atoms with Crippen LogP contribution in [-0.4, -0.2) is 63.9 Å². The summed E-state index contributed by atoms with van der Waals surface area (Å²) in [6, 6.07) is 0. The van der Waals surface area contributed by atoms with Crippen LogP contribution in [-0.2, 0) is 0 Å². The highest BCUT2D eigenvalue weighted by atomic mass is 32.2. The van der Waals surface area contributed by atoms with Crippen LogP contribution in [0.3, 0.4) is 0 Å². The maximum atomic E-state index is 13.4. The van der Waals surface area contributed by atoms with Gasteiger partial charge in [-0.25, -0.2) is 0 Å². The molecule has 1 saturated heterocycles. The molecule has 0 aromatic carbocycles. The van der Waals surface area contributed by atoms with Gasteiger partial charge in [0.1, 0.15) is 4.91 Å². The average Bonchev–Trinajstić information content (AvgIpc) is 2.73. The van der Waals surface area contributed by atoms with E-state index in [-0.39, 0.29) is 10.5 Å². The lowest BCUT2D eigenvalue weighted by molar-refractivity contribution is -0.433. The first-order chi connectivity index (χ1) is 15.1. The second-order valence-corrected chi connectivity index (χ2v) is 9.79. The van der Waals surface area contributed by atoms with Crippen LogP contribution in [0, 0.1) is 22.0 Å². The predicted molar refractivity (Wildman–Crippen MR) is 117 cm³/mol. The van der Waals surface area contributed by atoms with E-state index in [9.17, 15) is 28.4 Å². The van der Waals surface area contributed by atoms with Crippen LogP contribution < -0.4 is 0 Å². The summed E-state index contributed by atoms with van der Waals surface area (Å²) >= 11 is 0.981. The van der Waals surface area contributed by atoms with Crippen molar-refractivity contribution in [3.05, 3.63) is 43.8 Å². The van der Waals surface area contributed by atoms with E-state index in [1.165, 1.54) is 39.0 Å². The van der Waals surface area contributed by atoms with E-state index in [0.717, 1.165) is 43.4 Å². The van der Waals surface area contributed by atoms with Gasteiger partial charge in [-0.1, -0.05) is 19.3 Å². The van der Waals surface area contributed by atoms with Crippen molar-refractivity contribution >= 4 is 16.9 Å². The number of alkyl halides is 3. The van der Waals surface area contributed by atoms with Gasteiger partial charge in [-0.15, -0.1) is 0 Å². The molecule has 0 aromatic rings. The van der Waals surface area contributed by atoms with E-state index in [0.29, 0.717) is 18.3 Å². The number of hydrogen-bond acceptors (Lipinski definition) is 7. The highest BCUT2D eigenvalue weighted by Crippen LogP contribution is 2.48. The molecular weight excluding hydrogens is 445 g/mol. The molecule has 4 aliphatic rings. The highest BCUT2D eigenvalue weighted by molar-refractivity contribution is 8.17. The minimum Gasteiger partial charge on any atom is -0.493 e. The number of aliphatic imine (C=N–C) groups is 1. The molecule has 2 fully saturated rings. The molecule has 0 bridgehead atoms. The van der Waals surface area contributed by atoms with Gasteiger partial charge < -0.3 is 10.0 Å². The van der Waals surface area contributed by atoms with Crippen LogP contribution in [0.15, 0.2) is 38.7 Å². The summed E-state index contributed by atoms with van der Waals surface area (Å²) in [5, 5.41) is 22.5. The SMILES string of the molecule is CC1C(C(F)(F)F)=CC2=C(O)N=C(N3CCN(CC4CCCCC4)CC3)SC2=C1[N+](=O)[O-]. The molecule has 32 heavy (non-hydrogen) atoms. The zero-order chi connectivity index (χ0) is 23.0. The van der Waals surface area contributed by atoms with Crippen molar-refractivity contribution < 1.29 is 23.2 Å². The number of fused-ring (bicyclic) bond motifs is 1. The summed E-state index contributed by atoms with van der Waals surface area (Å²) in [5.74, 6) is -1.31. The monoisotopic (exact) mass is 472 g/mol. The number of aliphatic hydroxyl groups is 1. The fourth-order valence-electron chi connectivity index (χ4n) is 4.93. The van der Waals surface area contributed by atoms with Gasteiger partial charge in [-0.2, -0.15) is 18.2 Å². The molecule has 0 spiro atoms. The van der Waals surface area contributed by atoms with E-state index in [1.54, 1.807) is 0 Å². The van der Waals surface area contributed by atoms with Gasteiger partial charge in [0.05, 0.1) is 16.4 Å². The van der Waals surface area contributed by atoms with Crippen molar-refractivity contribution in [2.24, 2.45) is 16.8 Å². The summed E-state index contributed by atoms with van der Waals surface area (Å²) in [6.45, 7) is 5.20. The van der Waals surface area contributed by atoms with Crippen molar-refractivity contribution in [2.45, 2.75) is 45.2 Å². The number of nitro groups is 1. The summed E-state index contributed by atoms with van der Waals surface area (Å²) in [5.41, 5.74) is -1.83. The van der Waals surface area contributed by atoms with Crippen LogP contribution in [0.2, 0.25) is 0 Å². The second kappa shape index (κ2) is 9.09. The summed E-state index contributed by atoms with van der Waals surface area (Å²) in [6.07, 6.45) is 2.51. The molecule has 2 aliphatic heterocycles. The number of amidine groups is 1. The molecule has 0 aromatic heterocycles. The fourth-order valence-corrected chi connectivity index (χ4v) is 6.17. The summed E-state index contributed by atoms with van der Waals surface area (Å²) in [7, 11) is 0. The first-order valence-corrected chi connectivity index (χ1v) is 11.8. The largest absolute Gasteiger partial charge is 0.493 e. The zero-order valence-corrected chi connectivity index (χ0v) is 18.7. The van der Waals surface area contributed by atoms with E-state index in [4.69, 9.17) is 0 Å². The Labute approximate surface area is 188 Å². The van der Waals surface area contributed by atoms with Crippen molar-refractivity contribution in [1.29, 1.82) is 0 Å². The van der Waals surface area contributed by atoms with Gasteiger partial charge in [-0.05, 0) is 43.5 Å². The number of hydrogen-bond donors (Lipinski definition) is 1. The summed E-state index contributed by atoms with van der Waals surface area (Å²) < 4.78 is 40.2. The number of nitrogens with zero attached hydrogens (tertiary/aromatic N) is 4. The standard InChI is InChI=1S/C21H27F3N4O3S/c1-13-16(21(22,23)24)11-15-18(17(13)28(30)31)32-20(25-19(15)29)27-9-7-26(8-10-27)12-14-5-3-2-4-6-14/h11,13-14,29H,2-10,12H2,1H3. The number of thioether (sulfide) groups is 1. The van der Waals surface area contributed by atoms with Crippen LogP contribution in [0.5, 0.6) is 0 Å². The fraction of sp³-hybridized carbons (Fsp3) is 0.667. The number of aliphatic hydroxyl groups excluding tert-OH is 1. The molecule has 0 radical (unpaired) electrons. The van der Waals surface area contributed by atoms with Crippen molar-refractivity contribution in [3.8, 4) is 0 Å². The van der Waals surface area contributed by atoms with Gasteiger partial charge in [0.2, 0.25) is 5.88 Å². The Morgan fingerprint density at radius 2 is 1.88 bits per heavy atom. The Morgan fingerprint density at radius 3 is 2.47 bits per heavy atom. The third kappa shape index (κ3) is 4.68. The maximum absolute atomic E-state index is 13.4. The Kier molecular flexibility index (Phi) is 6.58. The minimum atomic E-state index is -4.73. The number of halogens is 3. The Hall–Kier alpha value is -2.01. The van der Waals surface area contributed by atoms with Gasteiger partial charge >= 0.3 is 6.18 Å². The lowest BCUT2D eigenvalue weighted by Crippen LogP contribution is -2.49. The smallest absolute Gasteiger partial charge is 0.413 e. The van der Waals surface area contributed by atoms with Gasteiger partial charge in [0.25, 0.3) is 5.70 Å². The van der Waals surface area contributed by atoms with Crippen LogP contribution in [0.25, 0.3) is 0 Å². The molecule has 2 heterocycles. The van der Waals surface area contributed by atoms with Crippen LogP contribution >= 0.6 is 11.8 Å². The third-order valence-corrected chi connectivity index (χ3v) is 7.86. The first-order valence-electron chi connectivity index (χ1n) is 11.0. The molecule has 1 N–H and O–H groups in total. The third-order valence-electron chi connectivity index (χ3n) is 6.70. The topological polar surface area (TPSA) is 82.2 Å². The lowest BCUT2D eigenvalue weighted by Gasteiger charge is -2.39. The molecule has 2 aliphatic carbocycles. The van der Waals surface area contributed by atoms with Crippen LogP contribution in [0.1, 0.15) is 39.0 Å². The molecule has 4 rings (SSSR count). The van der Waals surface area contributed by atoms with Crippen LogP contribution in [0.4, 0.5) is 13.2 Å². The van der Waals surface area contributed by atoms with E-state index >= 15 is 0 Å². The summed E-state index contributed by atoms with van der Waals surface area (Å²) in [4.78, 5) is 19.5. The molecule has 0 amide bonds. The van der Waals surface area contributed by atoms with E-state index < -0.39 is 34.2 Å². The number of rotatable bonds is 3. The minimum absolute atomic E-state index is 0.0441. The number of piperazine rings is 1. The molecular formula is C21H27F3N4O3S. The lowest BCUT2D eigenvalue weighted by atomic mass is 9.89. The number of allylic oxidation sites excluding steroid dienone is 3. The molecule has 11 heteroatoms. The van der Waals surface area contributed by atoms with Gasteiger partial charge in [0, 0.05) is 38.3 Å². The first kappa shape index (κ1) is 23.2. The molecule has 1 atom stereocenters. The highest BCUT2D eigenvalue weighted by Gasteiger charge is 2.47. The quantitative estimate of drug-likeness (QED) is 0.474. The van der Waals surface area contributed by atoms with Crippen molar-refractivity contribution in [1.82, 2.24) is 9.80 Å². The van der Waals surface area contributed by atoms with E-state index in [2.05, 4.69) is 9.89 Å². The predicted octanol–water partition coefficient (Wildman–Crippen LogP) is 4.68. The second-order valence-electron chi connectivity index (χ2n) is 8.82. The average molecular weight is 473 g/mol. The Balaban J connectivity index is 1.52. The van der Waals surface area contributed by atoms with Gasteiger partial charge in [0.15, 0.2) is 5.17 Å². The normalized spacial score (nSPS) is 26.1. The zero-order valence-electron chi connectivity index (χ0n) is 17.9. The van der Waals surface area contributed by atoms with E-state index in [1.807, 2.05) is 4.90 Å². The molecule has 7 nitrogen and oxygen atoms in total. The Morgan fingerprint density at radius 1 is 1.22 bits per heavy atom. The Bertz CT molecular complexity index is 898. The van der Waals surface area contributed by atoms with Crippen molar-refractivity contribution in [3.63, 3.8) is 0 Å². The molecule has 1 unspecified atom stereocenters.